The minimum atomic E-state index is -0.110. The zero-order valence-corrected chi connectivity index (χ0v) is 15.4. The van der Waals surface area contributed by atoms with Gasteiger partial charge in [0.1, 0.15) is 12.4 Å². The van der Waals surface area contributed by atoms with Crippen molar-refractivity contribution in [3.05, 3.63) is 68.6 Å². The Balaban J connectivity index is 1.46. The van der Waals surface area contributed by atoms with E-state index in [1.807, 2.05) is 23.6 Å². The molecule has 0 saturated heterocycles. The van der Waals surface area contributed by atoms with Gasteiger partial charge in [-0.15, -0.1) is 11.3 Å². The molecule has 0 atom stereocenters. The predicted octanol–water partition coefficient (Wildman–Crippen LogP) is 4.26. The first-order valence-corrected chi connectivity index (χ1v) is 9.15. The highest BCUT2D eigenvalue weighted by molar-refractivity contribution is 7.12. The van der Waals surface area contributed by atoms with Gasteiger partial charge in [0.15, 0.2) is 0 Å². The minimum Gasteiger partial charge on any atom is -0.489 e. The average molecular weight is 396 g/mol. The van der Waals surface area contributed by atoms with Crippen LogP contribution in [0.2, 0.25) is 10.0 Å². The van der Waals surface area contributed by atoms with E-state index in [-0.39, 0.29) is 5.91 Å². The van der Waals surface area contributed by atoms with Gasteiger partial charge < -0.3 is 10.1 Å². The third-order valence-corrected chi connectivity index (χ3v) is 4.75. The molecule has 0 aliphatic carbocycles. The summed E-state index contributed by atoms with van der Waals surface area (Å²) in [6.45, 7) is 1.44. The molecule has 2 heterocycles. The van der Waals surface area contributed by atoms with Crippen LogP contribution in [-0.4, -0.2) is 22.2 Å². The normalized spacial score (nSPS) is 10.6. The molecule has 0 bridgehead atoms. The molecule has 0 aliphatic rings. The van der Waals surface area contributed by atoms with Crippen LogP contribution in [0.3, 0.4) is 0 Å². The van der Waals surface area contributed by atoms with Crippen molar-refractivity contribution in [2.24, 2.45) is 0 Å². The summed E-state index contributed by atoms with van der Waals surface area (Å²) in [5.74, 6) is 0.625. The van der Waals surface area contributed by atoms with Gasteiger partial charge in [-0.05, 0) is 35.7 Å². The second-order valence-electron chi connectivity index (χ2n) is 5.24. The van der Waals surface area contributed by atoms with E-state index in [1.54, 1.807) is 29.2 Å². The van der Waals surface area contributed by atoms with E-state index in [2.05, 4.69) is 10.4 Å². The van der Waals surface area contributed by atoms with Gasteiger partial charge in [0.05, 0.1) is 22.6 Å². The number of benzene rings is 1. The van der Waals surface area contributed by atoms with Crippen LogP contribution in [0.15, 0.2) is 48.1 Å². The van der Waals surface area contributed by atoms with Crippen molar-refractivity contribution < 1.29 is 9.53 Å². The molecule has 2 aromatic heterocycles. The maximum Gasteiger partial charge on any atom is 0.261 e. The number of aromatic nitrogens is 2. The molecule has 8 heteroatoms. The van der Waals surface area contributed by atoms with Crippen molar-refractivity contribution in [2.75, 3.05) is 6.54 Å². The standard InChI is InChI=1S/C17H15Cl2N3O2S/c18-13-1-3-15(4-2-13)24-10-12-7-16(25-11-12)17(23)20-5-6-22-9-14(19)8-21-22/h1-4,7-9,11H,5-6,10H2,(H,20,23). The van der Waals surface area contributed by atoms with Crippen LogP contribution in [0.4, 0.5) is 0 Å². The lowest BCUT2D eigenvalue weighted by atomic mass is 10.3. The Morgan fingerprint density at radius 1 is 1.24 bits per heavy atom. The number of nitrogens with zero attached hydrogens (tertiary/aromatic N) is 2. The van der Waals surface area contributed by atoms with E-state index in [1.165, 1.54) is 11.3 Å². The first kappa shape index (κ1) is 17.8. The van der Waals surface area contributed by atoms with E-state index in [0.717, 1.165) is 11.3 Å². The molecular weight excluding hydrogens is 381 g/mol. The molecule has 3 aromatic rings. The molecule has 0 spiro atoms. The topological polar surface area (TPSA) is 56.2 Å². The highest BCUT2D eigenvalue weighted by Crippen LogP contribution is 2.19. The van der Waals surface area contributed by atoms with Crippen LogP contribution in [0.1, 0.15) is 15.2 Å². The lowest BCUT2D eigenvalue weighted by molar-refractivity contribution is 0.0956. The maximum absolute atomic E-state index is 12.2. The summed E-state index contributed by atoms with van der Waals surface area (Å²) >= 11 is 13.0. The number of halogens is 2. The lowest BCUT2D eigenvalue weighted by Crippen LogP contribution is -2.26. The Hall–Kier alpha value is -2.02. The molecule has 0 unspecified atom stereocenters. The summed E-state index contributed by atoms with van der Waals surface area (Å²) in [6.07, 6.45) is 3.28. The Labute approximate surface area is 159 Å². The Morgan fingerprint density at radius 3 is 2.76 bits per heavy atom. The first-order chi connectivity index (χ1) is 12.1. The van der Waals surface area contributed by atoms with E-state index in [0.29, 0.717) is 34.6 Å². The molecule has 1 amide bonds. The Morgan fingerprint density at radius 2 is 2.04 bits per heavy atom. The zero-order valence-electron chi connectivity index (χ0n) is 13.1. The number of carbonyl (C=O) groups is 1. The molecule has 0 radical (unpaired) electrons. The smallest absolute Gasteiger partial charge is 0.261 e. The van der Waals surface area contributed by atoms with E-state index < -0.39 is 0 Å². The fourth-order valence-corrected chi connectivity index (χ4v) is 3.19. The Bertz CT molecular complexity index is 846. The van der Waals surface area contributed by atoms with Gasteiger partial charge in [0.2, 0.25) is 0 Å². The second-order valence-corrected chi connectivity index (χ2v) is 7.02. The van der Waals surface area contributed by atoms with Crippen LogP contribution < -0.4 is 10.1 Å². The summed E-state index contributed by atoms with van der Waals surface area (Å²) in [5, 5.41) is 10.1. The number of hydrogen-bond donors (Lipinski definition) is 1. The number of ether oxygens (including phenoxy) is 1. The highest BCUT2D eigenvalue weighted by atomic mass is 35.5. The maximum atomic E-state index is 12.2. The van der Waals surface area contributed by atoms with Crippen LogP contribution in [0.5, 0.6) is 5.75 Å². The van der Waals surface area contributed by atoms with Gasteiger partial charge >= 0.3 is 0 Å². The van der Waals surface area contributed by atoms with E-state index in [4.69, 9.17) is 27.9 Å². The zero-order chi connectivity index (χ0) is 17.6. The fraction of sp³-hybridized carbons (Fsp3) is 0.176. The Kier molecular flexibility index (Phi) is 5.96. The van der Waals surface area contributed by atoms with Crippen molar-refractivity contribution in [1.29, 1.82) is 0 Å². The van der Waals surface area contributed by atoms with Crippen LogP contribution in [-0.2, 0) is 13.2 Å². The van der Waals surface area contributed by atoms with Crippen molar-refractivity contribution in [3.63, 3.8) is 0 Å². The summed E-state index contributed by atoms with van der Waals surface area (Å²) in [7, 11) is 0. The van der Waals surface area contributed by atoms with Crippen LogP contribution >= 0.6 is 34.5 Å². The first-order valence-electron chi connectivity index (χ1n) is 7.52. The van der Waals surface area contributed by atoms with Crippen molar-refractivity contribution in [1.82, 2.24) is 15.1 Å². The van der Waals surface area contributed by atoms with Gasteiger partial charge in [-0.3, -0.25) is 9.48 Å². The molecule has 3 rings (SSSR count). The molecule has 130 valence electrons. The summed E-state index contributed by atoms with van der Waals surface area (Å²) in [6, 6.07) is 9.00. The van der Waals surface area contributed by atoms with Crippen LogP contribution in [0, 0.1) is 0 Å². The number of hydrogen-bond acceptors (Lipinski definition) is 4. The van der Waals surface area contributed by atoms with Gasteiger partial charge in [0, 0.05) is 23.3 Å². The molecule has 0 aliphatic heterocycles. The SMILES string of the molecule is O=C(NCCn1cc(Cl)cn1)c1cc(COc2ccc(Cl)cc2)cs1. The number of amides is 1. The number of thiophene rings is 1. The van der Waals surface area contributed by atoms with Crippen molar-refractivity contribution in [3.8, 4) is 5.75 Å². The van der Waals surface area contributed by atoms with Crippen molar-refractivity contribution >= 4 is 40.4 Å². The minimum absolute atomic E-state index is 0.110. The van der Waals surface area contributed by atoms with E-state index >= 15 is 0 Å². The van der Waals surface area contributed by atoms with E-state index in [9.17, 15) is 4.79 Å². The fourth-order valence-electron chi connectivity index (χ4n) is 2.10. The summed E-state index contributed by atoms with van der Waals surface area (Å²) in [5.41, 5.74) is 0.948. The molecule has 1 N–H and O–H groups in total. The monoisotopic (exact) mass is 395 g/mol. The van der Waals surface area contributed by atoms with Crippen molar-refractivity contribution in [2.45, 2.75) is 13.2 Å². The third kappa shape index (κ3) is 5.22. The number of nitrogens with one attached hydrogen (secondary N) is 1. The van der Waals surface area contributed by atoms with Gasteiger partial charge in [-0.25, -0.2) is 0 Å². The number of rotatable bonds is 7. The lowest BCUT2D eigenvalue weighted by Gasteiger charge is -2.04. The summed E-state index contributed by atoms with van der Waals surface area (Å²) < 4.78 is 7.36. The highest BCUT2D eigenvalue weighted by Gasteiger charge is 2.09. The van der Waals surface area contributed by atoms with Gasteiger partial charge in [-0.2, -0.15) is 5.10 Å². The molecule has 1 aromatic carbocycles. The second kappa shape index (κ2) is 8.38. The van der Waals surface area contributed by atoms with Gasteiger partial charge in [-0.1, -0.05) is 23.2 Å². The van der Waals surface area contributed by atoms with Crippen LogP contribution in [0.25, 0.3) is 0 Å². The quantitative estimate of drug-likeness (QED) is 0.649. The molecule has 0 fully saturated rings. The third-order valence-electron chi connectivity index (χ3n) is 3.32. The summed E-state index contributed by atoms with van der Waals surface area (Å²) in [4.78, 5) is 12.8. The molecule has 25 heavy (non-hydrogen) atoms. The predicted molar refractivity (Wildman–Crippen MR) is 99.7 cm³/mol. The largest absolute Gasteiger partial charge is 0.489 e. The molecule has 5 nitrogen and oxygen atoms in total. The van der Waals surface area contributed by atoms with Gasteiger partial charge in [0.25, 0.3) is 5.91 Å². The molecular formula is C17H15Cl2N3O2S. The average Bonchev–Trinajstić information content (AvgIpc) is 3.23. The number of carbonyl (C=O) groups excluding carboxylic acids is 1. The molecule has 0 saturated carbocycles.